The molecule has 1 heterocycles. The van der Waals surface area contributed by atoms with Crippen LogP contribution >= 0.6 is 11.6 Å². The lowest BCUT2D eigenvalue weighted by Gasteiger charge is -2.24. The van der Waals surface area contributed by atoms with Crippen LogP contribution in [0.5, 0.6) is 0 Å². The maximum absolute atomic E-state index is 12.7. The summed E-state index contributed by atoms with van der Waals surface area (Å²) >= 11 is 5.65. The maximum atomic E-state index is 12.7. The van der Waals surface area contributed by atoms with Gasteiger partial charge in [0, 0.05) is 18.7 Å². The van der Waals surface area contributed by atoms with Crippen LogP contribution < -0.4 is 5.32 Å². The topological polar surface area (TPSA) is 41.0 Å². The number of hydrogen-bond acceptors (Lipinski definition) is 4. The van der Waals surface area contributed by atoms with Gasteiger partial charge in [0.2, 0.25) is 5.82 Å². The van der Waals surface area contributed by atoms with Crippen LogP contribution in [0.3, 0.4) is 0 Å². The van der Waals surface area contributed by atoms with E-state index in [1.807, 2.05) is 19.0 Å². The standard InChI is InChI=1S/C13H20ClF3N4/c1-8(2)5-9(7-21(3)4)18-11-6-10(14)19-12(20-11)13(15,16)17/h6,8-9H,5,7H2,1-4H3,(H,18,19,20). The van der Waals surface area contributed by atoms with Crippen molar-refractivity contribution in [2.24, 2.45) is 5.92 Å². The third-order valence-corrected chi connectivity index (χ3v) is 2.84. The van der Waals surface area contributed by atoms with Crippen LogP contribution in [0.15, 0.2) is 6.07 Å². The number of likely N-dealkylation sites (N-methyl/N-ethyl adjacent to an activating group) is 1. The lowest BCUT2D eigenvalue weighted by Crippen LogP contribution is -2.34. The largest absolute Gasteiger partial charge is 0.451 e. The molecule has 0 aromatic carbocycles. The highest BCUT2D eigenvalue weighted by Gasteiger charge is 2.35. The first-order valence-corrected chi connectivity index (χ1v) is 6.98. The molecule has 0 radical (unpaired) electrons. The second-order valence-electron chi connectivity index (χ2n) is 5.63. The van der Waals surface area contributed by atoms with Gasteiger partial charge in [-0.05, 0) is 26.4 Å². The molecule has 120 valence electrons. The monoisotopic (exact) mass is 324 g/mol. The average Bonchev–Trinajstić information content (AvgIpc) is 2.24. The molecule has 0 spiro atoms. The first-order valence-electron chi connectivity index (χ1n) is 6.61. The molecule has 0 fully saturated rings. The molecule has 0 aliphatic heterocycles. The molecule has 0 amide bonds. The van der Waals surface area contributed by atoms with Gasteiger partial charge in [0.1, 0.15) is 11.0 Å². The Morgan fingerprint density at radius 2 is 1.90 bits per heavy atom. The van der Waals surface area contributed by atoms with Crippen molar-refractivity contribution in [1.29, 1.82) is 0 Å². The van der Waals surface area contributed by atoms with Crippen LogP contribution in [0, 0.1) is 5.92 Å². The van der Waals surface area contributed by atoms with Crippen LogP contribution in [-0.4, -0.2) is 41.5 Å². The Kier molecular flexibility index (Phi) is 6.22. The molecule has 0 bridgehead atoms. The molecule has 0 saturated heterocycles. The van der Waals surface area contributed by atoms with Crippen LogP contribution in [0.2, 0.25) is 5.15 Å². The summed E-state index contributed by atoms with van der Waals surface area (Å²) in [5.74, 6) is -0.734. The number of nitrogens with zero attached hydrogens (tertiary/aromatic N) is 3. The maximum Gasteiger partial charge on any atom is 0.451 e. The minimum atomic E-state index is -4.61. The quantitative estimate of drug-likeness (QED) is 0.813. The van der Waals surface area contributed by atoms with Gasteiger partial charge in [-0.1, -0.05) is 25.4 Å². The van der Waals surface area contributed by atoms with Gasteiger partial charge in [-0.25, -0.2) is 9.97 Å². The molecule has 0 aliphatic rings. The van der Waals surface area contributed by atoms with Crippen LogP contribution in [0.1, 0.15) is 26.1 Å². The molecule has 1 N–H and O–H groups in total. The number of aromatic nitrogens is 2. The Morgan fingerprint density at radius 3 is 2.38 bits per heavy atom. The Hall–Kier alpha value is -1.08. The summed E-state index contributed by atoms with van der Waals surface area (Å²) in [5.41, 5.74) is 0. The van der Waals surface area contributed by atoms with Crippen molar-refractivity contribution in [3.63, 3.8) is 0 Å². The fraction of sp³-hybridized carbons (Fsp3) is 0.692. The Bertz CT molecular complexity index is 453. The number of alkyl halides is 3. The van der Waals surface area contributed by atoms with E-state index >= 15 is 0 Å². The number of hydrogen-bond donors (Lipinski definition) is 1. The Labute approximate surface area is 127 Å². The highest BCUT2D eigenvalue weighted by molar-refractivity contribution is 6.29. The number of rotatable bonds is 6. The van der Waals surface area contributed by atoms with E-state index in [1.165, 1.54) is 6.07 Å². The molecule has 4 nitrogen and oxygen atoms in total. The second-order valence-corrected chi connectivity index (χ2v) is 6.02. The summed E-state index contributed by atoms with van der Waals surface area (Å²) in [6.07, 6.45) is -3.81. The van der Waals surface area contributed by atoms with Crippen molar-refractivity contribution >= 4 is 17.4 Å². The summed E-state index contributed by atoms with van der Waals surface area (Å²) in [6, 6.07) is 1.28. The first kappa shape index (κ1) is 18.0. The zero-order chi connectivity index (χ0) is 16.2. The van der Waals surface area contributed by atoms with Gasteiger partial charge in [-0.15, -0.1) is 0 Å². The lowest BCUT2D eigenvalue weighted by molar-refractivity contribution is -0.144. The van der Waals surface area contributed by atoms with Crippen molar-refractivity contribution in [2.45, 2.75) is 32.5 Å². The van der Waals surface area contributed by atoms with Crippen LogP contribution in [0.4, 0.5) is 19.0 Å². The molecule has 0 aliphatic carbocycles. The minimum absolute atomic E-state index is 0.0212. The van der Waals surface area contributed by atoms with Gasteiger partial charge in [0.25, 0.3) is 0 Å². The van der Waals surface area contributed by atoms with Crippen molar-refractivity contribution < 1.29 is 13.2 Å². The highest BCUT2D eigenvalue weighted by Crippen LogP contribution is 2.28. The zero-order valence-corrected chi connectivity index (χ0v) is 13.3. The number of nitrogens with one attached hydrogen (secondary N) is 1. The minimum Gasteiger partial charge on any atom is -0.366 e. The first-order chi connectivity index (χ1) is 9.57. The normalized spacial score (nSPS) is 13.8. The molecule has 1 aromatic rings. The molecular formula is C13H20ClF3N4. The van der Waals surface area contributed by atoms with Gasteiger partial charge in [-0.3, -0.25) is 0 Å². The molecule has 1 atom stereocenters. The lowest BCUT2D eigenvalue weighted by atomic mass is 10.0. The van der Waals surface area contributed by atoms with Gasteiger partial charge in [-0.2, -0.15) is 13.2 Å². The predicted octanol–water partition coefficient (Wildman–Crippen LogP) is 3.54. The summed E-state index contributed by atoms with van der Waals surface area (Å²) < 4.78 is 38.1. The van der Waals surface area contributed by atoms with Crippen molar-refractivity contribution in [1.82, 2.24) is 14.9 Å². The van der Waals surface area contributed by atoms with Gasteiger partial charge in [0.15, 0.2) is 0 Å². The fourth-order valence-corrected chi connectivity index (χ4v) is 2.20. The van der Waals surface area contributed by atoms with E-state index in [1.54, 1.807) is 0 Å². The number of halogens is 4. The molecular weight excluding hydrogens is 305 g/mol. The van der Waals surface area contributed by atoms with E-state index in [9.17, 15) is 13.2 Å². The fourth-order valence-electron chi connectivity index (χ4n) is 2.02. The molecule has 1 rings (SSSR count). The summed E-state index contributed by atoms with van der Waals surface area (Å²) in [5, 5.41) is 2.79. The zero-order valence-electron chi connectivity index (χ0n) is 12.5. The van der Waals surface area contributed by atoms with E-state index in [0.717, 1.165) is 6.42 Å². The third kappa shape index (κ3) is 6.48. The molecule has 21 heavy (non-hydrogen) atoms. The van der Waals surface area contributed by atoms with Crippen LogP contribution in [-0.2, 0) is 6.18 Å². The highest BCUT2D eigenvalue weighted by atomic mass is 35.5. The predicted molar refractivity (Wildman–Crippen MR) is 77.5 cm³/mol. The van der Waals surface area contributed by atoms with Gasteiger partial charge in [0.05, 0.1) is 0 Å². The molecule has 1 unspecified atom stereocenters. The average molecular weight is 325 g/mol. The molecule has 0 saturated carbocycles. The summed E-state index contributed by atoms with van der Waals surface area (Å²) in [6.45, 7) is 4.79. The second kappa shape index (κ2) is 7.26. The van der Waals surface area contributed by atoms with Crippen LogP contribution in [0.25, 0.3) is 0 Å². The molecule has 8 heteroatoms. The van der Waals surface area contributed by atoms with E-state index < -0.39 is 12.0 Å². The van der Waals surface area contributed by atoms with E-state index in [4.69, 9.17) is 11.6 Å². The van der Waals surface area contributed by atoms with E-state index in [0.29, 0.717) is 12.5 Å². The third-order valence-electron chi connectivity index (χ3n) is 2.64. The Balaban J connectivity index is 2.95. The smallest absolute Gasteiger partial charge is 0.366 e. The summed E-state index contributed by atoms with van der Waals surface area (Å²) in [4.78, 5) is 8.69. The number of anilines is 1. The molecule has 1 aromatic heterocycles. The SMILES string of the molecule is CC(C)CC(CN(C)C)Nc1cc(Cl)nc(C(F)(F)F)n1. The van der Waals surface area contributed by atoms with Crippen molar-refractivity contribution in [3.8, 4) is 0 Å². The van der Waals surface area contributed by atoms with Gasteiger partial charge < -0.3 is 10.2 Å². The van der Waals surface area contributed by atoms with E-state index in [2.05, 4.69) is 29.1 Å². The van der Waals surface area contributed by atoms with Gasteiger partial charge >= 0.3 is 6.18 Å². The van der Waals surface area contributed by atoms with Crippen molar-refractivity contribution in [2.75, 3.05) is 26.0 Å². The Morgan fingerprint density at radius 1 is 1.29 bits per heavy atom. The summed E-state index contributed by atoms with van der Waals surface area (Å²) in [7, 11) is 3.81. The van der Waals surface area contributed by atoms with E-state index in [-0.39, 0.29) is 17.0 Å². The van der Waals surface area contributed by atoms with Crippen molar-refractivity contribution in [3.05, 3.63) is 17.0 Å².